The number of halogens is 2. The molecule has 0 atom stereocenters. The van der Waals surface area contributed by atoms with Crippen LogP contribution in [0.3, 0.4) is 0 Å². The van der Waals surface area contributed by atoms with E-state index in [0.717, 1.165) is 0 Å². The second kappa shape index (κ2) is 11.5. The van der Waals surface area contributed by atoms with Crippen LogP contribution in [0.25, 0.3) is 6.08 Å². The minimum Gasteiger partial charge on any atom is -0.493 e. The van der Waals surface area contributed by atoms with Crippen molar-refractivity contribution in [3.63, 3.8) is 0 Å². The van der Waals surface area contributed by atoms with Gasteiger partial charge < -0.3 is 24.0 Å². The fourth-order valence-corrected chi connectivity index (χ4v) is 2.37. The average molecular weight is 428 g/mol. The number of hydrogen-bond donors (Lipinski definition) is 0. The Balaban J connectivity index is 2.93. The Hall–Kier alpha value is -2.68. The van der Waals surface area contributed by atoms with Gasteiger partial charge in [0.25, 0.3) is 0 Å². The summed E-state index contributed by atoms with van der Waals surface area (Å²) >= 11 is 0. The Morgan fingerprint density at radius 3 is 2.33 bits per heavy atom. The average Bonchev–Trinajstić information content (AvgIpc) is 2.61. The van der Waals surface area contributed by atoms with Crippen molar-refractivity contribution in [2.75, 3.05) is 40.8 Å². The van der Waals surface area contributed by atoms with Gasteiger partial charge in [-0.2, -0.15) is 8.78 Å². The van der Waals surface area contributed by atoms with Crippen molar-refractivity contribution in [2.45, 2.75) is 33.0 Å². The molecular formula is C21H30F2N2O5. The van der Waals surface area contributed by atoms with E-state index in [4.69, 9.17) is 9.47 Å². The van der Waals surface area contributed by atoms with Gasteiger partial charge in [-0.1, -0.05) is 6.07 Å². The summed E-state index contributed by atoms with van der Waals surface area (Å²) in [5, 5.41) is 0. The second-order valence-corrected chi connectivity index (χ2v) is 7.77. The molecule has 0 spiro atoms. The van der Waals surface area contributed by atoms with Gasteiger partial charge in [0.1, 0.15) is 12.1 Å². The van der Waals surface area contributed by atoms with E-state index in [2.05, 4.69) is 4.74 Å². The van der Waals surface area contributed by atoms with Crippen LogP contribution in [-0.4, -0.2) is 74.7 Å². The smallest absolute Gasteiger partial charge is 0.387 e. The van der Waals surface area contributed by atoms with Gasteiger partial charge in [-0.25, -0.2) is 0 Å². The van der Waals surface area contributed by atoms with Gasteiger partial charge in [-0.15, -0.1) is 0 Å². The van der Waals surface area contributed by atoms with Crippen LogP contribution < -0.4 is 9.47 Å². The third-order valence-corrected chi connectivity index (χ3v) is 3.69. The van der Waals surface area contributed by atoms with E-state index in [9.17, 15) is 18.4 Å². The van der Waals surface area contributed by atoms with E-state index in [0.29, 0.717) is 18.7 Å². The van der Waals surface area contributed by atoms with E-state index in [1.807, 2.05) is 19.0 Å². The fraction of sp³-hybridized carbons (Fsp3) is 0.524. The number of alkyl halides is 2. The highest BCUT2D eigenvalue weighted by molar-refractivity contribution is 5.93. The Bertz CT molecular complexity index is 745. The number of likely N-dealkylation sites (N-methyl/N-ethyl adjacent to an activating group) is 1. The fourth-order valence-electron chi connectivity index (χ4n) is 2.37. The van der Waals surface area contributed by atoms with Gasteiger partial charge in [0.05, 0.1) is 7.11 Å². The first-order valence-electron chi connectivity index (χ1n) is 9.37. The first-order chi connectivity index (χ1) is 13.9. The molecule has 1 aromatic rings. The zero-order valence-corrected chi connectivity index (χ0v) is 18.3. The van der Waals surface area contributed by atoms with Crippen LogP contribution in [-0.2, 0) is 14.3 Å². The molecule has 0 unspecified atom stereocenters. The van der Waals surface area contributed by atoms with Crippen LogP contribution in [0.4, 0.5) is 8.78 Å². The number of benzene rings is 1. The summed E-state index contributed by atoms with van der Waals surface area (Å²) in [7, 11) is 5.05. The van der Waals surface area contributed by atoms with Gasteiger partial charge in [0.15, 0.2) is 11.5 Å². The Kier molecular flexibility index (Phi) is 9.71. The molecule has 0 N–H and O–H groups in total. The van der Waals surface area contributed by atoms with E-state index in [1.54, 1.807) is 20.8 Å². The number of esters is 1. The summed E-state index contributed by atoms with van der Waals surface area (Å²) in [5.41, 5.74) is -0.103. The monoisotopic (exact) mass is 428 g/mol. The van der Waals surface area contributed by atoms with E-state index < -0.39 is 18.2 Å². The molecule has 0 fully saturated rings. The molecule has 0 aliphatic heterocycles. The van der Waals surface area contributed by atoms with Crippen molar-refractivity contribution in [2.24, 2.45) is 0 Å². The summed E-state index contributed by atoms with van der Waals surface area (Å²) in [6.45, 7) is 3.01. The highest BCUT2D eigenvalue weighted by Crippen LogP contribution is 2.29. The molecule has 0 radical (unpaired) electrons. The van der Waals surface area contributed by atoms with Gasteiger partial charge in [-0.3, -0.25) is 9.59 Å². The summed E-state index contributed by atoms with van der Waals surface area (Å²) in [5.74, 6) is -0.871. The van der Waals surface area contributed by atoms with E-state index in [-0.39, 0.29) is 24.0 Å². The molecule has 1 aromatic carbocycles. The van der Waals surface area contributed by atoms with E-state index in [1.165, 1.54) is 42.4 Å². The van der Waals surface area contributed by atoms with Crippen molar-refractivity contribution in [3.8, 4) is 11.5 Å². The van der Waals surface area contributed by atoms with Crippen LogP contribution in [0.15, 0.2) is 24.3 Å². The number of methoxy groups -OCH3 is 1. The zero-order valence-electron chi connectivity index (χ0n) is 18.3. The molecule has 0 saturated carbocycles. The molecule has 0 bridgehead atoms. The molecule has 30 heavy (non-hydrogen) atoms. The van der Waals surface area contributed by atoms with Crippen molar-refractivity contribution < 1.29 is 32.6 Å². The number of ether oxygens (including phenoxy) is 3. The second-order valence-electron chi connectivity index (χ2n) is 7.77. The summed E-state index contributed by atoms with van der Waals surface area (Å²) < 4.78 is 39.6. The highest BCUT2D eigenvalue weighted by atomic mass is 19.3. The lowest BCUT2D eigenvalue weighted by Gasteiger charge is -2.25. The quantitative estimate of drug-likeness (QED) is 0.422. The summed E-state index contributed by atoms with van der Waals surface area (Å²) in [4.78, 5) is 28.1. The summed E-state index contributed by atoms with van der Waals surface area (Å²) in [6, 6.07) is 4.32. The molecule has 0 aliphatic rings. The predicted molar refractivity (Wildman–Crippen MR) is 110 cm³/mol. The molecule has 9 heteroatoms. The molecule has 7 nitrogen and oxygen atoms in total. The van der Waals surface area contributed by atoms with Crippen LogP contribution in [0, 0.1) is 0 Å². The van der Waals surface area contributed by atoms with Crippen molar-refractivity contribution in [1.29, 1.82) is 0 Å². The van der Waals surface area contributed by atoms with Gasteiger partial charge in [0.2, 0.25) is 5.91 Å². The van der Waals surface area contributed by atoms with Crippen molar-refractivity contribution in [3.05, 3.63) is 29.8 Å². The molecule has 0 heterocycles. The highest BCUT2D eigenvalue weighted by Gasteiger charge is 2.21. The van der Waals surface area contributed by atoms with Gasteiger partial charge in [0, 0.05) is 19.2 Å². The number of amides is 1. The third kappa shape index (κ3) is 9.69. The number of rotatable bonds is 10. The number of hydrogen-bond acceptors (Lipinski definition) is 6. The topological polar surface area (TPSA) is 68.3 Å². The molecule has 0 aromatic heterocycles. The molecule has 0 aliphatic carbocycles. The van der Waals surface area contributed by atoms with Gasteiger partial charge in [-0.05, 0) is 58.6 Å². The van der Waals surface area contributed by atoms with Crippen LogP contribution in [0.2, 0.25) is 0 Å². The Labute approximate surface area is 176 Å². The largest absolute Gasteiger partial charge is 0.493 e. The Morgan fingerprint density at radius 2 is 1.80 bits per heavy atom. The van der Waals surface area contributed by atoms with Crippen molar-refractivity contribution in [1.82, 2.24) is 9.80 Å². The van der Waals surface area contributed by atoms with Gasteiger partial charge >= 0.3 is 12.6 Å². The molecule has 168 valence electrons. The molecule has 1 rings (SSSR count). The minimum absolute atomic E-state index is 0.103. The lowest BCUT2D eigenvalue weighted by molar-refractivity contribution is -0.158. The first kappa shape index (κ1) is 25.4. The maximum absolute atomic E-state index is 12.7. The lowest BCUT2D eigenvalue weighted by Crippen LogP contribution is -2.41. The summed E-state index contributed by atoms with van der Waals surface area (Å²) in [6.07, 6.45) is 2.82. The van der Waals surface area contributed by atoms with E-state index >= 15 is 0 Å². The number of carbonyl (C=O) groups is 2. The molecule has 0 saturated heterocycles. The molecular weight excluding hydrogens is 398 g/mol. The standard InChI is InChI=1S/C21H30F2N2O5/c1-21(2,3)30-19(27)14-25(12-11-24(4)5)18(26)10-8-15-7-9-16(29-20(22)23)17(13-15)28-6/h7-10,13,20H,11-12,14H2,1-6H3/b10-8+. The van der Waals surface area contributed by atoms with Crippen LogP contribution >= 0.6 is 0 Å². The maximum atomic E-state index is 12.7. The third-order valence-electron chi connectivity index (χ3n) is 3.69. The normalized spacial score (nSPS) is 11.8. The van der Waals surface area contributed by atoms with Crippen molar-refractivity contribution >= 4 is 18.0 Å². The predicted octanol–water partition coefficient (Wildman–Crippen LogP) is 3.04. The zero-order chi connectivity index (χ0) is 22.9. The Morgan fingerprint density at radius 1 is 1.13 bits per heavy atom. The molecule has 1 amide bonds. The minimum atomic E-state index is -2.97. The first-order valence-corrected chi connectivity index (χ1v) is 9.37. The lowest BCUT2D eigenvalue weighted by atomic mass is 10.2. The number of nitrogens with zero attached hydrogens (tertiary/aromatic N) is 2. The van der Waals surface area contributed by atoms with Crippen LogP contribution in [0.1, 0.15) is 26.3 Å². The SMILES string of the molecule is COc1cc(/C=C/C(=O)N(CCN(C)C)CC(=O)OC(C)(C)C)ccc1OC(F)F. The maximum Gasteiger partial charge on any atom is 0.387 e. The van der Waals surface area contributed by atoms with Crippen LogP contribution in [0.5, 0.6) is 11.5 Å². The number of carbonyl (C=O) groups excluding carboxylic acids is 2.